The van der Waals surface area contributed by atoms with Gasteiger partial charge in [0.05, 0.1) is 16.9 Å². The van der Waals surface area contributed by atoms with Gasteiger partial charge in [-0.15, -0.1) is 0 Å². The van der Waals surface area contributed by atoms with Crippen LogP contribution in [0.1, 0.15) is 46.2 Å². The van der Waals surface area contributed by atoms with Crippen LogP contribution in [-0.2, 0) is 13.7 Å². The number of nitrogens with one attached hydrogen (secondary N) is 2. The van der Waals surface area contributed by atoms with Crippen LogP contribution >= 0.6 is 11.6 Å². The molecule has 1 aromatic carbocycles. The fourth-order valence-electron chi connectivity index (χ4n) is 2.88. The van der Waals surface area contributed by atoms with Gasteiger partial charge in [0.15, 0.2) is 5.76 Å². The zero-order chi connectivity index (χ0) is 22.5. The molecule has 3 aromatic rings. The van der Waals surface area contributed by atoms with Crippen LogP contribution in [0.2, 0.25) is 5.02 Å². The van der Waals surface area contributed by atoms with Gasteiger partial charge in [0, 0.05) is 13.6 Å². The number of aromatic nitrogens is 2. The quantitative estimate of drug-likeness (QED) is 0.542. The first kappa shape index (κ1) is 22.4. The molecule has 3 rings (SSSR count). The van der Waals surface area contributed by atoms with Crippen molar-refractivity contribution in [1.29, 1.82) is 0 Å². The molecule has 0 aliphatic carbocycles. The van der Waals surface area contributed by atoms with Crippen LogP contribution in [0.5, 0.6) is 5.75 Å². The monoisotopic (exact) mass is 444 g/mol. The van der Waals surface area contributed by atoms with Crippen molar-refractivity contribution in [1.82, 2.24) is 15.1 Å². The molecule has 0 atom stereocenters. The second-order valence-electron chi connectivity index (χ2n) is 7.53. The van der Waals surface area contributed by atoms with Crippen LogP contribution in [0.25, 0.3) is 0 Å². The molecular weight excluding hydrogens is 420 g/mol. The molecular formula is C22H25ClN4O4. The highest BCUT2D eigenvalue weighted by Gasteiger charge is 2.21. The van der Waals surface area contributed by atoms with Crippen LogP contribution < -0.4 is 15.4 Å². The Hall–Kier alpha value is -3.26. The summed E-state index contributed by atoms with van der Waals surface area (Å²) in [5.41, 5.74) is 1.46. The number of hydrogen-bond donors (Lipinski definition) is 2. The maximum absolute atomic E-state index is 12.6. The standard InChI is InChI=1S/C22H25ClN4O4/c1-13(2)10-24-22(29)19-17(11-25-27(19)4)26-21(28)18-9-8-15(31-18)12-30-20-14(3)6-5-7-16(20)23/h5-9,11,13H,10,12H2,1-4H3,(H,24,29)(H,26,28). The van der Waals surface area contributed by atoms with E-state index in [1.807, 2.05) is 32.9 Å². The molecule has 2 aromatic heterocycles. The second-order valence-corrected chi connectivity index (χ2v) is 7.94. The molecule has 164 valence electrons. The normalized spacial score (nSPS) is 10.9. The Morgan fingerprint density at radius 1 is 1.23 bits per heavy atom. The maximum Gasteiger partial charge on any atom is 0.291 e. The molecule has 0 saturated carbocycles. The maximum atomic E-state index is 12.6. The van der Waals surface area contributed by atoms with Crippen molar-refractivity contribution in [2.75, 3.05) is 11.9 Å². The van der Waals surface area contributed by atoms with Gasteiger partial charge in [-0.2, -0.15) is 5.10 Å². The fourth-order valence-corrected chi connectivity index (χ4v) is 3.16. The summed E-state index contributed by atoms with van der Waals surface area (Å²) in [6.45, 7) is 6.53. The minimum atomic E-state index is -0.494. The number of nitrogens with zero attached hydrogens (tertiary/aromatic N) is 2. The van der Waals surface area contributed by atoms with Gasteiger partial charge in [-0.3, -0.25) is 14.3 Å². The van der Waals surface area contributed by atoms with Gasteiger partial charge in [-0.1, -0.05) is 37.6 Å². The topological polar surface area (TPSA) is 98.4 Å². The number of carbonyl (C=O) groups excluding carboxylic acids is 2. The molecule has 0 aliphatic heterocycles. The van der Waals surface area contributed by atoms with Crippen LogP contribution in [0.4, 0.5) is 5.69 Å². The smallest absolute Gasteiger partial charge is 0.291 e. The molecule has 9 heteroatoms. The van der Waals surface area contributed by atoms with Gasteiger partial charge in [-0.05, 0) is 36.6 Å². The minimum absolute atomic E-state index is 0.0897. The van der Waals surface area contributed by atoms with Crippen molar-refractivity contribution in [2.24, 2.45) is 13.0 Å². The van der Waals surface area contributed by atoms with Gasteiger partial charge in [0.2, 0.25) is 0 Å². The van der Waals surface area contributed by atoms with E-state index in [1.165, 1.54) is 10.9 Å². The number of carbonyl (C=O) groups is 2. The summed E-state index contributed by atoms with van der Waals surface area (Å²) in [5.74, 6) is 0.615. The highest BCUT2D eigenvalue weighted by molar-refractivity contribution is 6.32. The van der Waals surface area contributed by atoms with Crippen molar-refractivity contribution >= 4 is 29.1 Å². The summed E-state index contributed by atoms with van der Waals surface area (Å²) in [4.78, 5) is 25.1. The van der Waals surface area contributed by atoms with E-state index >= 15 is 0 Å². The second kappa shape index (κ2) is 9.70. The highest BCUT2D eigenvalue weighted by atomic mass is 35.5. The Labute approximate surface area is 185 Å². The largest absolute Gasteiger partial charge is 0.484 e. The van der Waals surface area contributed by atoms with Gasteiger partial charge in [0.25, 0.3) is 11.8 Å². The molecule has 8 nitrogen and oxygen atoms in total. The molecule has 0 spiro atoms. The van der Waals surface area contributed by atoms with Crippen molar-refractivity contribution in [2.45, 2.75) is 27.4 Å². The van der Waals surface area contributed by atoms with E-state index in [-0.39, 0.29) is 24.0 Å². The Morgan fingerprint density at radius 3 is 2.71 bits per heavy atom. The summed E-state index contributed by atoms with van der Waals surface area (Å²) >= 11 is 6.16. The number of benzene rings is 1. The number of para-hydroxylation sites is 1. The molecule has 0 unspecified atom stereocenters. The number of furan rings is 1. The third-order valence-electron chi connectivity index (χ3n) is 4.48. The van der Waals surface area contributed by atoms with Crippen molar-refractivity contribution in [3.63, 3.8) is 0 Å². The Kier molecular flexibility index (Phi) is 7.02. The number of anilines is 1. The zero-order valence-corrected chi connectivity index (χ0v) is 18.6. The lowest BCUT2D eigenvalue weighted by atomic mass is 10.2. The molecule has 31 heavy (non-hydrogen) atoms. The SMILES string of the molecule is Cc1cccc(Cl)c1OCc1ccc(C(=O)Nc2cnn(C)c2C(=O)NCC(C)C)o1. The van der Waals surface area contributed by atoms with Gasteiger partial charge < -0.3 is 19.8 Å². The van der Waals surface area contributed by atoms with Gasteiger partial charge in [0.1, 0.15) is 23.8 Å². The van der Waals surface area contributed by atoms with Gasteiger partial charge >= 0.3 is 0 Å². The molecule has 0 radical (unpaired) electrons. The minimum Gasteiger partial charge on any atom is -0.484 e. The van der Waals surface area contributed by atoms with E-state index in [1.54, 1.807) is 25.2 Å². The van der Waals surface area contributed by atoms with Crippen molar-refractivity contribution < 1.29 is 18.7 Å². The number of amides is 2. The molecule has 0 aliphatic rings. The molecule has 2 heterocycles. The average molecular weight is 445 g/mol. The van der Waals surface area contributed by atoms with E-state index in [0.29, 0.717) is 34.7 Å². The third kappa shape index (κ3) is 5.46. The molecule has 0 saturated heterocycles. The number of aryl methyl sites for hydroxylation is 2. The van der Waals surface area contributed by atoms with Crippen molar-refractivity contribution in [3.05, 3.63) is 64.3 Å². The van der Waals surface area contributed by atoms with Crippen LogP contribution in [0.3, 0.4) is 0 Å². The zero-order valence-electron chi connectivity index (χ0n) is 17.9. The van der Waals surface area contributed by atoms with Crippen molar-refractivity contribution in [3.8, 4) is 5.75 Å². The first-order chi connectivity index (χ1) is 14.8. The Morgan fingerprint density at radius 2 is 2.00 bits per heavy atom. The predicted octanol–water partition coefficient (Wildman–Crippen LogP) is 4.19. The van der Waals surface area contributed by atoms with E-state index in [2.05, 4.69) is 15.7 Å². The number of hydrogen-bond acceptors (Lipinski definition) is 5. The number of ether oxygens (including phenoxy) is 1. The first-order valence-corrected chi connectivity index (χ1v) is 10.2. The third-order valence-corrected chi connectivity index (χ3v) is 4.78. The molecule has 0 bridgehead atoms. The first-order valence-electron chi connectivity index (χ1n) is 9.84. The lowest BCUT2D eigenvalue weighted by Gasteiger charge is -2.10. The summed E-state index contributed by atoms with van der Waals surface area (Å²) in [6, 6.07) is 8.68. The van der Waals surface area contributed by atoms with E-state index in [4.69, 9.17) is 20.8 Å². The van der Waals surface area contributed by atoms with Crippen LogP contribution in [0, 0.1) is 12.8 Å². The van der Waals surface area contributed by atoms with E-state index < -0.39 is 5.91 Å². The predicted molar refractivity (Wildman–Crippen MR) is 118 cm³/mol. The van der Waals surface area contributed by atoms with Crippen LogP contribution in [0.15, 0.2) is 40.9 Å². The Balaban J connectivity index is 1.66. The summed E-state index contributed by atoms with van der Waals surface area (Å²) in [6.07, 6.45) is 1.43. The fraction of sp³-hybridized carbons (Fsp3) is 0.318. The molecule has 2 amide bonds. The van der Waals surface area contributed by atoms with Crippen LogP contribution in [-0.4, -0.2) is 28.1 Å². The summed E-state index contributed by atoms with van der Waals surface area (Å²) in [7, 11) is 1.64. The molecule has 2 N–H and O–H groups in total. The summed E-state index contributed by atoms with van der Waals surface area (Å²) in [5, 5.41) is 10.1. The highest BCUT2D eigenvalue weighted by Crippen LogP contribution is 2.29. The average Bonchev–Trinajstić information content (AvgIpc) is 3.33. The van der Waals surface area contributed by atoms with Gasteiger partial charge in [-0.25, -0.2) is 0 Å². The lowest BCUT2D eigenvalue weighted by molar-refractivity contribution is 0.0940. The van der Waals surface area contributed by atoms with E-state index in [9.17, 15) is 9.59 Å². The van der Waals surface area contributed by atoms with E-state index in [0.717, 1.165) is 5.56 Å². The number of rotatable bonds is 8. The molecule has 0 fully saturated rings. The Bertz CT molecular complexity index is 1070. The lowest BCUT2D eigenvalue weighted by Crippen LogP contribution is -2.30. The summed E-state index contributed by atoms with van der Waals surface area (Å²) < 4.78 is 12.8. The number of halogens is 1.